The molecular formula is C18H22ClNO2. The summed E-state index contributed by atoms with van der Waals surface area (Å²) in [4.78, 5) is 13.6. The molecule has 118 valence electrons. The van der Waals surface area contributed by atoms with Gasteiger partial charge < -0.3 is 9.64 Å². The monoisotopic (exact) mass is 319 g/mol. The molecule has 3 rings (SSSR count). The molecule has 0 bridgehead atoms. The van der Waals surface area contributed by atoms with Crippen LogP contribution in [-0.2, 0) is 16.0 Å². The molecule has 1 amide bonds. The second-order valence-electron chi connectivity index (χ2n) is 6.46. The minimum atomic E-state index is 0.0429. The number of benzene rings is 1. The molecule has 2 aliphatic heterocycles. The van der Waals surface area contributed by atoms with Gasteiger partial charge in [0.25, 0.3) is 0 Å². The lowest BCUT2D eigenvalue weighted by atomic mass is 9.76. The Morgan fingerprint density at radius 3 is 2.82 bits per heavy atom. The van der Waals surface area contributed by atoms with Crippen LogP contribution in [-0.4, -0.2) is 36.6 Å². The number of hydrogen-bond acceptors (Lipinski definition) is 2. The number of carbonyl (C=O) groups excluding carboxylic acids is 1. The average Bonchev–Trinajstić information content (AvgIpc) is 2.92. The van der Waals surface area contributed by atoms with Gasteiger partial charge in [0.1, 0.15) is 0 Å². The first-order chi connectivity index (χ1) is 10.6. The van der Waals surface area contributed by atoms with Crippen molar-refractivity contribution in [3.05, 3.63) is 47.5 Å². The van der Waals surface area contributed by atoms with Crippen molar-refractivity contribution in [3.8, 4) is 0 Å². The van der Waals surface area contributed by atoms with Crippen molar-refractivity contribution in [2.75, 3.05) is 19.7 Å². The van der Waals surface area contributed by atoms with Crippen molar-refractivity contribution in [1.82, 2.24) is 4.90 Å². The summed E-state index contributed by atoms with van der Waals surface area (Å²) in [5, 5.41) is 0.818. The van der Waals surface area contributed by atoms with Gasteiger partial charge >= 0.3 is 0 Å². The number of halogens is 1. The number of likely N-dealkylation sites (tertiary alicyclic amines) is 1. The predicted molar refractivity (Wildman–Crippen MR) is 88.0 cm³/mol. The molecular weight excluding hydrogens is 298 g/mol. The van der Waals surface area contributed by atoms with Crippen molar-refractivity contribution in [1.29, 1.82) is 0 Å². The Bertz CT molecular complexity index is 564. The van der Waals surface area contributed by atoms with Crippen LogP contribution < -0.4 is 0 Å². The Labute approximate surface area is 136 Å². The predicted octanol–water partition coefficient (Wildman–Crippen LogP) is 3.47. The maximum Gasteiger partial charge on any atom is 0.245 e. The number of ether oxygens (including phenoxy) is 1. The molecule has 0 aliphatic carbocycles. The van der Waals surface area contributed by atoms with Crippen molar-refractivity contribution in [3.63, 3.8) is 0 Å². The van der Waals surface area contributed by atoms with E-state index in [1.54, 1.807) is 0 Å². The second-order valence-corrected chi connectivity index (χ2v) is 6.87. The highest BCUT2D eigenvalue weighted by Gasteiger charge is 2.42. The van der Waals surface area contributed by atoms with E-state index in [1.165, 1.54) is 6.08 Å². The van der Waals surface area contributed by atoms with Crippen LogP contribution in [0.4, 0.5) is 0 Å². The number of nitrogens with zero attached hydrogens (tertiary/aromatic N) is 1. The lowest BCUT2D eigenvalue weighted by Gasteiger charge is -2.38. The lowest BCUT2D eigenvalue weighted by Crippen LogP contribution is -2.43. The van der Waals surface area contributed by atoms with Gasteiger partial charge in [0.05, 0.1) is 12.7 Å². The smallest absolute Gasteiger partial charge is 0.245 e. The van der Waals surface area contributed by atoms with Gasteiger partial charge in [-0.2, -0.15) is 0 Å². The standard InChI is InChI=1S/C18H22ClNO2/c1-2-17(21)20-9-7-18(8-10-20)12-15(22-13-18)11-14-5-3-4-6-16(14)19/h2-6,15H,1,7-13H2. The fourth-order valence-corrected chi connectivity index (χ4v) is 3.83. The summed E-state index contributed by atoms with van der Waals surface area (Å²) in [5.74, 6) is 0.0429. The minimum Gasteiger partial charge on any atom is -0.377 e. The molecule has 0 radical (unpaired) electrons. The molecule has 1 aromatic rings. The van der Waals surface area contributed by atoms with E-state index in [0.717, 1.165) is 56.0 Å². The van der Waals surface area contributed by atoms with Crippen LogP contribution in [0.15, 0.2) is 36.9 Å². The van der Waals surface area contributed by atoms with Crippen LogP contribution in [0, 0.1) is 5.41 Å². The highest BCUT2D eigenvalue weighted by molar-refractivity contribution is 6.31. The number of piperidine rings is 1. The summed E-state index contributed by atoms with van der Waals surface area (Å²) in [5.41, 5.74) is 1.40. The van der Waals surface area contributed by atoms with Gasteiger partial charge in [0.15, 0.2) is 0 Å². The molecule has 1 spiro atoms. The first kappa shape index (κ1) is 15.6. The van der Waals surface area contributed by atoms with Crippen LogP contribution in [0.3, 0.4) is 0 Å². The maximum atomic E-state index is 11.7. The molecule has 2 saturated heterocycles. The number of rotatable bonds is 3. The first-order valence-corrected chi connectivity index (χ1v) is 8.26. The molecule has 1 unspecified atom stereocenters. The number of carbonyl (C=O) groups is 1. The van der Waals surface area contributed by atoms with Crippen molar-refractivity contribution >= 4 is 17.5 Å². The highest BCUT2D eigenvalue weighted by atomic mass is 35.5. The summed E-state index contributed by atoms with van der Waals surface area (Å²) >= 11 is 6.24. The van der Waals surface area contributed by atoms with Crippen LogP contribution in [0.2, 0.25) is 5.02 Å². The van der Waals surface area contributed by atoms with E-state index in [2.05, 4.69) is 12.6 Å². The van der Waals surface area contributed by atoms with E-state index in [9.17, 15) is 4.79 Å². The Hall–Kier alpha value is -1.32. The Kier molecular flexibility index (Phi) is 4.55. The third kappa shape index (κ3) is 3.21. The molecule has 1 aromatic carbocycles. The Balaban J connectivity index is 1.58. The molecule has 2 heterocycles. The first-order valence-electron chi connectivity index (χ1n) is 7.88. The summed E-state index contributed by atoms with van der Waals surface area (Å²) in [6.45, 7) is 5.99. The van der Waals surface area contributed by atoms with Crippen molar-refractivity contribution in [2.24, 2.45) is 5.41 Å². The lowest BCUT2D eigenvalue weighted by molar-refractivity contribution is -0.128. The molecule has 22 heavy (non-hydrogen) atoms. The molecule has 3 nitrogen and oxygen atoms in total. The van der Waals surface area contributed by atoms with Crippen molar-refractivity contribution in [2.45, 2.75) is 31.8 Å². The van der Waals surface area contributed by atoms with Crippen LogP contribution in [0.1, 0.15) is 24.8 Å². The molecule has 0 saturated carbocycles. The SMILES string of the molecule is C=CC(=O)N1CCC2(CC1)COC(Cc1ccccc1Cl)C2. The van der Waals surface area contributed by atoms with E-state index >= 15 is 0 Å². The number of amides is 1. The van der Waals surface area contributed by atoms with Gasteiger partial charge in [-0.25, -0.2) is 0 Å². The normalized spacial score (nSPS) is 23.7. The van der Waals surface area contributed by atoms with E-state index in [0.29, 0.717) is 0 Å². The van der Waals surface area contributed by atoms with Crippen LogP contribution in [0.25, 0.3) is 0 Å². The largest absolute Gasteiger partial charge is 0.377 e. The van der Waals surface area contributed by atoms with Gasteiger partial charge in [-0.3, -0.25) is 4.79 Å². The fourth-order valence-electron chi connectivity index (χ4n) is 3.61. The summed E-state index contributed by atoms with van der Waals surface area (Å²) in [6, 6.07) is 7.98. The number of hydrogen-bond donors (Lipinski definition) is 0. The van der Waals surface area contributed by atoms with Gasteiger partial charge in [-0.15, -0.1) is 0 Å². The average molecular weight is 320 g/mol. The zero-order chi connectivity index (χ0) is 15.6. The van der Waals surface area contributed by atoms with Gasteiger partial charge in [-0.05, 0) is 42.4 Å². The zero-order valence-corrected chi connectivity index (χ0v) is 13.5. The van der Waals surface area contributed by atoms with Crippen LogP contribution >= 0.6 is 11.6 Å². The highest BCUT2D eigenvalue weighted by Crippen LogP contribution is 2.43. The van der Waals surface area contributed by atoms with Crippen molar-refractivity contribution < 1.29 is 9.53 Å². The minimum absolute atomic E-state index is 0.0429. The Morgan fingerprint density at radius 2 is 2.14 bits per heavy atom. The molecule has 2 fully saturated rings. The zero-order valence-electron chi connectivity index (χ0n) is 12.8. The molecule has 1 atom stereocenters. The second kappa shape index (κ2) is 6.43. The van der Waals surface area contributed by atoms with Gasteiger partial charge in [-0.1, -0.05) is 36.4 Å². The molecule has 2 aliphatic rings. The van der Waals surface area contributed by atoms with E-state index in [4.69, 9.17) is 16.3 Å². The third-order valence-electron chi connectivity index (χ3n) is 5.00. The maximum absolute atomic E-state index is 11.7. The van der Waals surface area contributed by atoms with Gasteiger partial charge in [0.2, 0.25) is 5.91 Å². The Morgan fingerprint density at radius 1 is 1.41 bits per heavy atom. The fraction of sp³-hybridized carbons (Fsp3) is 0.500. The van der Waals surface area contributed by atoms with Crippen LogP contribution in [0.5, 0.6) is 0 Å². The summed E-state index contributed by atoms with van der Waals surface area (Å²) in [7, 11) is 0. The van der Waals surface area contributed by atoms with Gasteiger partial charge in [0, 0.05) is 24.5 Å². The van der Waals surface area contributed by atoms with E-state index in [1.807, 2.05) is 23.1 Å². The topological polar surface area (TPSA) is 29.5 Å². The molecule has 0 N–H and O–H groups in total. The molecule has 0 aromatic heterocycles. The summed E-state index contributed by atoms with van der Waals surface area (Å²) in [6.07, 6.45) is 5.62. The molecule has 4 heteroatoms. The third-order valence-corrected chi connectivity index (χ3v) is 5.37. The summed E-state index contributed by atoms with van der Waals surface area (Å²) < 4.78 is 6.05. The quantitative estimate of drug-likeness (QED) is 0.798. The van der Waals surface area contributed by atoms with E-state index in [-0.39, 0.29) is 17.4 Å². The van der Waals surface area contributed by atoms with E-state index < -0.39 is 0 Å².